The summed E-state index contributed by atoms with van der Waals surface area (Å²) in [5.41, 5.74) is 0. The summed E-state index contributed by atoms with van der Waals surface area (Å²) in [4.78, 5) is 2.31. The summed E-state index contributed by atoms with van der Waals surface area (Å²) in [6.45, 7) is 3.16. The summed E-state index contributed by atoms with van der Waals surface area (Å²) in [5, 5.41) is 12.9. The SMILES string of the molecule is CN(CCP)CCC1NCCC1O. The second kappa shape index (κ2) is 5.92. The van der Waals surface area contributed by atoms with Crippen LogP contribution >= 0.6 is 9.24 Å². The zero-order valence-corrected chi connectivity index (χ0v) is 9.52. The summed E-state index contributed by atoms with van der Waals surface area (Å²) in [5.74, 6) is 0. The van der Waals surface area contributed by atoms with Gasteiger partial charge in [-0.3, -0.25) is 0 Å². The topological polar surface area (TPSA) is 35.5 Å². The molecule has 3 atom stereocenters. The van der Waals surface area contributed by atoms with Gasteiger partial charge in [-0.25, -0.2) is 0 Å². The van der Waals surface area contributed by atoms with E-state index in [0.717, 1.165) is 38.6 Å². The third kappa shape index (κ3) is 3.90. The van der Waals surface area contributed by atoms with E-state index in [1.165, 1.54) is 0 Å². The van der Waals surface area contributed by atoms with Crippen molar-refractivity contribution in [2.45, 2.75) is 25.0 Å². The van der Waals surface area contributed by atoms with Crippen LogP contribution in [0, 0.1) is 0 Å². The van der Waals surface area contributed by atoms with Crippen LogP contribution in [-0.2, 0) is 0 Å². The molecule has 0 aromatic carbocycles. The lowest BCUT2D eigenvalue weighted by molar-refractivity contribution is 0.149. The third-order valence-corrected chi connectivity index (χ3v) is 2.90. The second-order valence-corrected chi connectivity index (χ2v) is 4.37. The summed E-state index contributed by atoms with van der Waals surface area (Å²) < 4.78 is 0. The van der Waals surface area contributed by atoms with E-state index in [1.807, 2.05) is 0 Å². The monoisotopic (exact) mass is 204 g/mol. The molecule has 0 aromatic rings. The van der Waals surface area contributed by atoms with E-state index >= 15 is 0 Å². The predicted octanol–water partition coefficient (Wildman–Crippen LogP) is -0.0938. The van der Waals surface area contributed by atoms with Gasteiger partial charge in [0.15, 0.2) is 0 Å². The summed E-state index contributed by atoms with van der Waals surface area (Å²) in [6.07, 6.45) is 2.97. The fraction of sp³-hybridized carbons (Fsp3) is 1.00. The maximum absolute atomic E-state index is 9.55. The average Bonchev–Trinajstić information content (AvgIpc) is 2.48. The van der Waals surface area contributed by atoms with Crippen LogP contribution in [0.25, 0.3) is 0 Å². The second-order valence-electron chi connectivity index (χ2n) is 3.80. The molecule has 3 unspecified atom stereocenters. The minimum atomic E-state index is -0.121. The Morgan fingerprint density at radius 2 is 2.31 bits per heavy atom. The molecule has 2 N–H and O–H groups in total. The van der Waals surface area contributed by atoms with E-state index in [4.69, 9.17) is 0 Å². The first-order chi connectivity index (χ1) is 6.24. The molecular formula is C9H21N2OP. The molecule has 0 bridgehead atoms. The zero-order valence-electron chi connectivity index (χ0n) is 8.37. The molecule has 3 nitrogen and oxygen atoms in total. The highest BCUT2D eigenvalue weighted by molar-refractivity contribution is 7.16. The predicted molar refractivity (Wildman–Crippen MR) is 59.1 cm³/mol. The van der Waals surface area contributed by atoms with Crippen molar-refractivity contribution < 1.29 is 5.11 Å². The van der Waals surface area contributed by atoms with Gasteiger partial charge in [0, 0.05) is 12.6 Å². The number of nitrogens with one attached hydrogen (secondary N) is 1. The van der Waals surface area contributed by atoms with Crippen LogP contribution < -0.4 is 5.32 Å². The number of hydrogen-bond donors (Lipinski definition) is 2. The van der Waals surface area contributed by atoms with Gasteiger partial charge in [0.1, 0.15) is 0 Å². The molecular weight excluding hydrogens is 183 g/mol. The van der Waals surface area contributed by atoms with Gasteiger partial charge in [-0.1, -0.05) is 0 Å². The Balaban J connectivity index is 2.10. The fourth-order valence-corrected chi connectivity index (χ4v) is 2.18. The van der Waals surface area contributed by atoms with Gasteiger partial charge < -0.3 is 15.3 Å². The Morgan fingerprint density at radius 3 is 2.85 bits per heavy atom. The maximum atomic E-state index is 9.55. The van der Waals surface area contributed by atoms with Gasteiger partial charge in [0.2, 0.25) is 0 Å². The van der Waals surface area contributed by atoms with Crippen molar-refractivity contribution in [3.63, 3.8) is 0 Å². The van der Waals surface area contributed by atoms with Gasteiger partial charge in [0.25, 0.3) is 0 Å². The Morgan fingerprint density at radius 1 is 1.54 bits per heavy atom. The van der Waals surface area contributed by atoms with E-state index in [9.17, 15) is 5.11 Å². The van der Waals surface area contributed by atoms with Gasteiger partial charge in [-0.15, -0.1) is 9.24 Å². The van der Waals surface area contributed by atoms with Crippen LogP contribution in [0.5, 0.6) is 0 Å². The molecule has 1 rings (SSSR count). The Hall–Kier alpha value is 0.310. The average molecular weight is 204 g/mol. The van der Waals surface area contributed by atoms with Crippen LogP contribution in [0.3, 0.4) is 0 Å². The first kappa shape index (κ1) is 11.4. The summed E-state index contributed by atoms with van der Waals surface area (Å²) in [7, 11) is 4.86. The highest BCUT2D eigenvalue weighted by atomic mass is 31.0. The molecule has 1 aliphatic rings. The van der Waals surface area contributed by atoms with Crippen LogP contribution in [-0.4, -0.2) is 55.0 Å². The van der Waals surface area contributed by atoms with Crippen molar-refractivity contribution in [2.24, 2.45) is 0 Å². The number of aliphatic hydroxyl groups excluding tert-OH is 1. The Kier molecular flexibility index (Phi) is 5.18. The highest BCUT2D eigenvalue weighted by Gasteiger charge is 2.23. The molecule has 13 heavy (non-hydrogen) atoms. The summed E-state index contributed by atoms with van der Waals surface area (Å²) >= 11 is 0. The Bertz CT molecular complexity index is 146. The van der Waals surface area contributed by atoms with Gasteiger partial charge in [-0.05, 0) is 39.1 Å². The van der Waals surface area contributed by atoms with E-state index in [2.05, 4.69) is 26.5 Å². The highest BCUT2D eigenvalue weighted by Crippen LogP contribution is 2.10. The van der Waals surface area contributed by atoms with Crippen molar-refractivity contribution in [1.82, 2.24) is 10.2 Å². The lowest BCUT2D eigenvalue weighted by atomic mass is 10.1. The van der Waals surface area contributed by atoms with E-state index in [-0.39, 0.29) is 6.10 Å². The molecule has 1 aliphatic heterocycles. The van der Waals surface area contributed by atoms with E-state index < -0.39 is 0 Å². The van der Waals surface area contributed by atoms with Crippen molar-refractivity contribution >= 4 is 9.24 Å². The minimum Gasteiger partial charge on any atom is -0.391 e. The Labute approximate surface area is 83.1 Å². The standard InChI is InChI=1S/C9H21N2OP/c1-11(6-7-13)5-3-8-9(12)2-4-10-8/h8-10,12H,2-7,13H2,1H3. The van der Waals surface area contributed by atoms with Gasteiger partial charge >= 0.3 is 0 Å². The number of nitrogens with zero attached hydrogens (tertiary/aromatic N) is 1. The lowest BCUT2D eigenvalue weighted by Gasteiger charge is -2.20. The van der Waals surface area contributed by atoms with Crippen molar-refractivity contribution in [3.05, 3.63) is 0 Å². The van der Waals surface area contributed by atoms with Crippen LogP contribution in [0.1, 0.15) is 12.8 Å². The van der Waals surface area contributed by atoms with Crippen LogP contribution in [0.2, 0.25) is 0 Å². The number of hydrogen-bond acceptors (Lipinski definition) is 3. The molecule has 4 heteroatoms. The molecule has 0 spiro atoms. The van der Waals surface area contributed by atoms with Crippen molar-refractivity contribution in [1.29, 1.82) is 0 Å². The third-order valence-electron chi connectivity index (χ3n) is 2.64. The van der Waals surface area contributed by atoms with Crippen LogP contribution in [0.4, 0.5) is 0 Å². The molecule has 0 aliphatic carbocycles. The maximum Gasteiger partial charge on any atom is 0.0705 e. The minimum absolute atomic E-state index is 0.121. The fourth-order valence-electron chi connectivity index (χ4n) is 1.74. The zero-order chi connectivity index (χ0) is 9.68. The van der Waals surface area contributed by atoms with Crippen LogP contribution in [0.15, 0.2) is 0 Å². The van der Waals surface area contributed by atoms with Gasteiger partial charge in [0.05, 0.1) is 6.10 Å². The molecule has 1 fully saturated rings. The smallest absolute Gasteiger partial charge is 0.0705 e. The first-order valence-corrected chi connectivity index (χ1v) is 5.85. The molecule has 0 aromatic heterocycles. The molecule has 0 amide bonds. The quantitative estimate of drug-likeness (QED) is 0.614. The largest absolute Gasteiger partial charge is 0.391 e. The molecule has 1 saturated heterocycles. The molecule has 0 radical (unpaired) electrons. The number of rotatable bonds is 5. The van der Waals surface area contributed by atoms with Gasteiger partial charge in [-0.2, -0.15) is 0 Å². The lowest BCUT2D eigenvalue weighted by Crippen LogP contribution is -2.34. The van der Waals surface area contributed by atoms with Crippen molar-refractivity contribution in [2.75, 3.05) is 32.8 Å². The first-order valence-electron chi connectivity index (χ1n) is 5.04. The van der Waals surface area contributed by atoms with Crippen molar-refractivity contribution in [3.8, 4) is 0 Å². The molecule has 1 heterocycles. The van der Waals surface area contributed by atoms with E-state index in [1.54, 1.807) is 0 Å². The molecule has 78 valence electrons. The van der Waals surface area contributed by atoms with E-state index in [0.29, 0.717) is 6.04 Å². The normalized spacial score (nSPS) is 28.6. The number of aliphatic hydroxyl groups is 1. The summed E-state index contributed by atoms with van der Waals surface area (Å²) in [6, 6.07) is 0.326. The molecule has 0 saturated carbocycles.